The van der Waals surface area contributed by atoms with Gasteiger partial charge in [-0.2, -0.15) is 0 Å². The van der Waals surface area contributed by atoms with E-state index in [9.17, 15) is 9.90 Å². The van der Waals surface area contributed by atoms with Gasteiger partial charge in [0, 0.05) is 12.1 Å². The molecule has 0 saturated heterocycles. The van der Waals surface area contributed by atoms with E-state index in [2.05, 4.69) is 5.32 Å². The Morgan fingerprint density at radius 1 is 1.36 bits per heavy atom. The summed E-state index contributed by atoms with van der Waals surface area (Å²) in [6.07, 6.45) is 0.768. The van der Waals surface area contributed by atoms with Crippen molar-refractivity contribution in [2.24, 2.45) is 0 Å². The first-order chi connectivity index (χ1) is 6.39. The van der Waals surface area contributed by atoms with E-state index in [-0.39, 0.29) is 5.54 Å². The van der Waals surface area contributed by atoms with Crippen molar-refractivity contribution in [3.8, 4) is 0 Å². The van der Waals surface area contributed by atoms with Gasteiger partial charge in [-0.05, 0) is 47.2 Å². The number of carboxylic acid groups (broad SMARTS) is 1. The van der Waals surface area contributed by atoms with Crippen LogP contribution in [-0.2, 0) is 0 Å². The standard InChI is InChI=1S/C10H22N2O2/c1-10(2,3)12(9(13)14)8-6-5-7-11-4/h11H,5-8H2,1-4H3,(H,13,14)/p-1. The van der Waals surface area contributed by atoms with Gasteiger partial charge in [0.05, 0.1) is 0 Å². The van der Waals surface area contributed by atoms with Crippen molar-refractivity contribution in [1.82, 2.24) is 10.2 Å². The van der Waals surface area contributed by atoms with Crippen molar-refractivity contribution in [2.75, 3.05) is 20.1 Å². The van der Waals surface area contributed by atoms with Gasteiger partial charge in [-0.3, -0.25) is 0 Å². The minimum atomic E-state index is -1.08. The number of hydrogen-bond donors (Lipinski definition) is 1. The van der Waals surface area contributed by atoms with E-state index in [0.717, 1.165) is 19.4 Å². The smallest absolute Gasteiger partial charge is 0.137 e. The summed E-state index contributed by atoms with van der Waals surface area (Å²) in [4.78, 5) is 12.2. The molecule has 0 atom stereocenters. The summed E-state index contributed by atoms with van der Waals surface area (Å²) in [7, 11) is 1.89. The highest BCUT2D eigenvalue weighted by molar-refractivity contribution is 5.63. The van der Waals surface area contributed by atoms with E-state index in [1.54, 1.807) is 0 Å². The molecule has 4 nitrogen and oxygen atoms in total. The average Bonchev–Trinajstić information content (AvgIpc) is 2.01. The third kappa shape index (κ3) is 5.07. The maximum atomic E-state index is 10.8. The maximum absolute atomic E-state index is 10.8. The fraction of sp³-hybridized carbons (Fsp3) is 0.900. The van der Waals surface area contributed by atoms with Crippen molar-refractivity contribution < 1.29 is 9.90 Å². The van der Waals surface area contributed by atoms with Gasteiger partial charge < -0.3 is 20.1 Å². The maximum Gasteiger partial charge on any atom is 0.137 e. The van der Waals surface area contributed by atoms with Crippen LogP contribution in [0.4, 0.5) is 4.79 Å². The molecule has 0 aliphatic carbocycles. The van der Waals surface area contributed by atoms with Crippen LogP contribution in [0.25, 0.3) is 0 Å². The SMILES string of the molecule is CNCCCCN(C(=O)[O-])C(C)(C)C. The molecule has 0 spiro atoms. The van der Waals surface area contributed by atoms with Crippen molar-refractivity contribution in [3.05, 3.63) is 0 Å². The van der Waals surface area contributed by atoms with Crippen LogP contribution in [0.15, 0.2) is 0 Å². The van der Waals surface area contributed by atoms with Crippen LogP contribution in [0.3, 0.4) is 0 Å². The normalized spacial score (nSPS) is 11.4. The fourth-order valence-electron chi connectivity index (χ4n) is 1.27. The third-order valence-corrected chi connectivity index (χ3v) is 2.09. The number of nitrogens with zero attached hydrogens (tertiary/aromatic N) is 1. The Morgan fingerprint density at radius 3 is 2.29 bits per heavy atom. The van der Waals surface area contributed by atoms with Gasteiger partial charge in [0.15, 0.2) is 0 Å². The number of amides is 1. The zero-order chi connectivity index (χ0) is 11.2. The fourth-order valence-corrected chi connectivity index (χ4v) is 1.27. The Bertz CT molecular complexity index is 175. The number of unbranched alkanes of at least 4 members (excludes halogenated alkanes) is 1. The summed E-state index contributed by atoms with van der Waals surface area (Å²) >= 11 is 0. The largest absolute Gasteiger partial charge is 0.530 e. The van der Waals surface area contributed by atoms with Crippen LogP contribution in [0.2, 0.25) is 0 Å². The van der Waals surface area contributed by atoms with E-state index < -0.39 is 6.09 Å². The molecule has 0 saturated carbocycles. The molecule has 0 bridgehead atoms. The molecule has 0 radical (unpaired) electrons. The van der Waals surface area contributed by atoms with E-state index in [4.69, 9.17) is 0 Å². The van der Waals surface area contributed by atoms with Crippen molar-refractivity contribution in [2.45, 2.75) is 39.2 Å². The molecule has 4 heteroatoms. The molecule has 0 aromatic rings. The number of nitrogens with one attached hydrogen (secondary N) is 1. The Morgan fingerprint density at radius 2 is 1.93 bits per heavy atom. The van der Waals surface area contributed by atoms with Gasteiger partial charge in [0.25, 0.3) is 0 Å². The lowest BCUT2D eigenvalue weighted by Gasteiger charge is -2.37. The molecule has 1 N–H and O–H groups in total. The highest BCUT2D eigenvalue weighted by atomic mass is 16.4. The second kappa shape index (κ2) is 5.86. The molecule has 0 aliphatic heterocycles. The first-order valence-electron chi connectivity index (χ1n) is 5.03. The first kappa shape index (κ1) is 13.2. The lowest BCUT2D eigenvalue weighted by Crippen LogP contribution is -2.51. The van der Waals surface area contributed by atoms with Crippen molar-refractivity contribution >= 4 is 6.09 Å². The Labute approximate surface area is 86.3 Å². The minimum absolute atomic E-state index is 0.363. The summed E-state index contributed by atoms with van der Waals surface area (Å²) < 4.78 is 0. The molecule has 0 aromatic carbocycles. The molecule has 1 amide bonds. The average molecular weight is 201 g/mol. The molecule has 0 unspecified atom stereocenters. The summed E-state index contributed by atoms with van der Waals surface area (Å²) in [6.45, 7) is 7.10. The highest BCUT2D eigenvalue weighted by Crippen LogP contribution is 2.13. The molecule has 0 heterocycles. The highest BCUT2D eigenvalue weighted by Gasteiger charge is 2.20. The van der Waals surface area contributed by atoms with E-state index in [1.807, 2.05) is 27.8 Å². The van der Waals surface area contributed by atoms with Gasteiger partial charge in [-0.15, -0.1) is 0 Å². The lowest BCUT2D eigenvalue weighted by atomic mass is 10.1. The van der Waals surface area contributed by atoms with Crippen molar-refractivity contribution in [3.63, 3.8) is 0 Å². The summed E-state index contributed by atoms with van der Waals surface area (Å²) in [5.41, 5.74) is -0.363. The Kier molecular flexibility index (Phi) is 5.53. The Balaban J connectivity index is 3.94. The molecule has 0 aliphatic rings. The second-order valence-electron chi connectivity index (χ2n) is 4.40. The monoisotopic (exact) mass is 201 g/mol. The minimum Gasteiger partial charge on any atom is -0.530 e. The number of carbonyl (C=O) groups is 1. The summed E-state index contributed by atoms with van der Waals surface area (Å²) in [5, 5.41) is 13.8. The van der Waals surface area contributed by atoms with Crippen LogP contribution in [0.1, 0.15) is 33.6 Å². The van der Waals surface area contributed by atoms with Gasteiger partial charge in [0.2, 0.25) is 0 Å². The van der Waals surface area contributed by atoms with Crippen molar-refractivity contribution in [1.29, 1.82) is 0 Å². The van der Waals surface area contributed by atoms with Crippen LogP contribution >= 0.6 is 0 Å². The van der Waals surface area contributed by atoms with Gasteiger partial charge in [-0.1, -0.05) is 0 Å². The van der Waals surface area contributed by atoms with Gasteiger partial charge >= 0.3 is 0 Å². The predicted molar refractivity (Wildman–Crippen MR) is 55.0 cm³/mol. The number of carbonyl (C=O) groups excluding carboxylic acids is 1. The van der Waals surface area contributed by atoms with E-state index >= 15 is 0 Å². The number of hydrogen-bond acceptors (Lipinski definition) is 3. The molecule has 0 aromatic heterocycles. The topological polar surface area (TPSA) is 55.4 Å². The lowest BCUT2D eigenvalue weighted by molar-refractivity contribution is -0.270. The van der Waals surface area contributed by atoms with Crippen LogP contribution in [0.5, 0.6) is 0 Å². The molecule has 14 heavy (non-hydrogen) atoms. The van der Waals surface area contributed by atoms with Gasteiger partial charge in [-0.25, -0.2) is 0 Å². The molecular weight excluding hydrogens is 180 g/mol. The quantitative estimate of drug-likeness (QED) is 0.656. The summed E-state index contributed by atoms with van der Waals surface area (Å²) in [5.74, 6) is 0. The third-order valence-electron chi connectivity index (χ3n) is 2.09. The molecular formula is C10H21N2O2-. The first-order valence-corrected chi connectivity index (χ1v) is 5.03. The number of rotatable bonds is 5. The molecule has 0 fully saturated rings. The van der Waals surface area contributed by atoms with E-state index in [0.29, 0.717) is 6.54 Å². The van der Waals surface area contributed by atoms with Crippen LogP contribution < -0.4 is 10.4 Å². The molecule has 84 valence electrons. The van der Waals surface area contributed by atoms with Crippen LogP contribution in [0, 0.1) is 0 Å². The van der Waals surface area contributed by atoms with E-state index in [1.165, 1.54) is 4.90 Å². The van der Waals surface area contributed by atoms with Crippen LogP contribution in [-0.4, -0.2) is 36.7 Å². The zero-order valence-corrected chi connectivity index (χ0v) is 9.59. The molecule has 0 rings (SSSR count). The zero-order valence-electron chi connectivity index (χ0n) is 9.59. The Hall–Kier alpha value is -0.770. The summed E-state index contributed by atoms with van der Waals surface area (Å²) in [6, 6.07) is 0. The second-order valence-corrected chi connectivity index (χ2v) is 4.40. The van der Waals surface area contributed by atoms with Gasteiger partial charge in [0.1, 0.15) is 6.09 Å². The predicted octanol–water partition coefficient (Wildman–Crippen LogP) is 0.430.